The van der Waals surface area contributed by atoms with E-state index in [0.29, 0.717) is 29.0 Å². The molecule has 0 bridgehead atoms. The van der Waals surface area contributed by atoms with Crippen molar-refractivity contribution >= 4 is 29.7 Å². The first-order chi connectivity index (χ1) is 15.4. The average molecular weight is 439 g/mol. The fraction of sp³-hybridized carbons (Fsp3) is 0.364. The van der Waals surface area contributed by atoms with Crippen molar-refractivity contribution in [3.8, 4) is 5.75 Å². The summed E-state index contributed by atoms with van der Waals surface area (Å²) in [4.78, 5) is 34.2. The van der Waals surface area contributed by atoms with Crippen molar-refractivity contribution < 1.29 is 23.9 Å². The summed E-state index contributed by atoms with van der Waals surface area (Å²) in [6.45, 7) is 1.34. The van der Waals surface area contributed by atoms with Crippen LogP contribution in [0.4, 0.5) is 10.5 Å². The van der Waals surface area contributed by atoms with Crippen LogP contribution in [0.25, 0.3) is 0 Å². The number of anilines is 1. The number of methoxy groups -OCH3 is 1. The largest absolute Gasteiger partial charge is 0.495 e. The zero-order valence-electron chi connectivity index (χ0n) is 18.1. The van der Waals surface area contributed by atoms with Crippen LogP contribution < -0.4 is 15.8 Å². The molecule has 1 atom stereocenters. The van der Waals surface area contributed by atoms with Crippen molar-refractivity contribution in [1.82, 2.24) is 4.90 Å². The lowest BCUT2D eigenvalue weighted by molar-refractivity contribution is -0.713. The number of nitrogens with one attached hydrogen (secondary N) is 1. The molecular formula is C22H27N6O4+. The molecule has 0 saturated carbocycles. The molecule has 0 spiro atoms. The number of nitrogens with zero attached hydrogens (tertiary/aromatic N) is 4. The Morgan fingerprint density at radius 2 is 2.09 bits per heavy atom. The summed E-state index contributed by atoms with van der Waals surface area (Å²) >= 11 is 0. The molecule has 1 aromatic rings. The predicted octanol–water partition coefficient (Wildman–Crippen LogP) is 1.96. The van der Waals surface area contributed by atoms with Gasteiger partial charge in [0.05, 0.1) is 44.4 Å². The van der Waals surface area contributed by atoms with Crippen LogP contribution in [-0.2, 0) is 4.79 Å². The Hall–Kier alpha value is -3.50. The number of allylic oxidation sites excluding steroid dienone is 2. The van der Waals surface area contributed by atoms with Crippen LogP contribution in [0.2, 0.25) is 0 Å². The van der Waals surface area contributed by atoms with Crippen molar-refractivity contribution in [2.75, 3.05) is 39.1 Å². The number of quaternary nitrogens is 1. The van der Waals surface area contributed by atoms with Gasteiger partial charge < -0.3 is 20.5 Å². The van der Waals surface area contributed by atoms with Crippen LogP contribution >= 0.6 is 0 Å². The fourth-order valence-corrected chi connectivity index (χ4v) is 4.46. The normalized spacial score (nSPS) is 22.6. The van der Waals surface area contributed by atoms with E-state index in [1.807, 2.05) is 30.4 Å². The van der Waals surface area contributed by atoms with Gasteiger partial charge in [-0.15, -0.1) is 0 Å². The van der Waals surface area contributed by atoms with Crippen molar-refractivity contribution in [2.24, 2.45) is 21.6 Å². The van der Waals surface area contributed by atoms with Crippen molar-refractivity contribution in [1.29, 1.82) is 0 Å². The number of likely N-dealkylation sites (tertiary alicyclic amines) is 1. The maximum absolute atomic E-state index is 11.9. The number of carbonyl (C=O) groups is 2. The molecule has 3 heterocycles. The molecule has 0 radical (unpaired) electrons. The molecule has 10 heteroatoms. The van der Waals surface area contributed by atoms with Crippen molar-refractivity contribution in [3.05, 3.63) is 47.6 Å². The Balaban J connectivity index is 1.67. The highest BCUT2D eigenvalue weighted by atomic mass is 16.5. The molecule has 3 aliphatic heterocycles. The van der Waals surface area contributed by atoms with Gasteiger partial charge in [0.1, 0.15) is 17.6 Å². The zero-order valence-corrected chi connectivity index (χ0v) is 18.1. The standard InChI is InChI=1S/C22H26N6O4/c1-28-10-7-24-13-17(28)20(14-5-8-27(9-6-14)19(29)12-23)26-21(28)15-3-4-16(25-22(30)31)18(11-15)32-2/h3-4,7,10-11,13-14H,5-6,8-9,12,23H2,1-2H3,(H-,24,25,26,30,31)/p+1. The Labute approximate surface area is 186 Å². The third kappa shape index (κ3) is 3.78. The Morgan fingerprint density at radius 1 is 1.34 bits per heavy atom. The molecule has 1 unspecified atom stereocenters. The molecule has 10 nitrogen and oxygen atoms in total. The second-order valence-corrected chi connectivity index (χ2v) is 8.06. The number of carboxylic acid groups (broad SMARTS) is 1. The molecule has 1 saturated heterocycles. The number of carbonyl (C=O) groups excluding carboxylic acids is 1. The highest BCUT2D eigenvalue weighted by molar-refractivity contribution is 6.01. The molecule has 1 aromatic carbocycles. The summed E-state index contributed by atoms with van der Waals surface area (Å²) in [5.74, 6) is 1.40. The number of rotatable bonds is 5. The minimum absolute atomic E-state index is 0.0262. The Bertz CT molecular complexity index is 1070. The number of ether oxygens (including phenoxy) is 1. The van der Waals surface area contributed by atoms with Gasteiger partial charge in [-0.05, 0) is 31.0 Å². The van der Waals surface area contributed by atoms with Gasteiger partial charge in [0.25, 0.3) is 0 Å². The maximum atomic E-state index is 11.9. The molecule has 2 amide bonds. The van der Waals surface area contributed by atoms with Gasteiger partial charge in [-0.1, -0.05) is 0 Å². The van der Waals surface area contributed by atoms with Gasteiger partial charge in [0.2, 0.25) is 11.7 Å². The van der Waals surface area contributed by atoms with Crippen LogP contribution in [0.1, 0.15) is 18.4 Å². The number of nitrogens with two attached hydrogens (primary N) is 1. The lowest BCUT2D eigenvalue weighted by Gasteiger charge is -2.32. The number of aliphatic imine (C=N–C) groups is 2. The van der Waals surface area contributed by atoms with Gasteiger partial charge in [0, 0.05) is 19.0 Å². The Morgan fingerprint density at radius 3 is 2.75 bits per heavy atom. The summed E-state index contributed by atoms with van der Waals surface area (Å²) in [6.07, 6.45) is 6.04. The van der Waals surface area contributed by atoms with Crippen molar-refractivity contribution in [3.63, 3.8) is 0 Å². The lowest BCUT2D eigenvalue weighted by Crippen LogP contribution is -2.43. The molecule has 4 N–H and O–H groups in total. The zero-order chi connectivity index (χ0) is 22.9. The van der Waals surface area contributed by atoms with Gasteiger partial charge in [0.15, 0.2) is 5.70 Å². The summed E-state index contributed by atoms with van der Waals surface area (Å²) in [6, 6.07) is 5.29. The highest BCUT2D eigenvalue weighted by Gasteiger charge is 2.45. The summed E-state index contributed by atoms with van der Waals surface area (Å²) in [5, 5.41) is 11.4. The van der Waals surface area contributed by atoms with Crippen LogP contribution in [0.5, 0.6) is 5.75 Å². The van der Waals surface area contributed by atoms with Crippen LogP contribution in [0, 0.1) is 5.92 Å². The third-order valence-electron chi connectivity index (χ3n) is 6.19. The van der Waals surface area contributed by atoms with E-state index in [9.17, 15) is 9.59 Å². The van der Waals surface area contributed by atoms with Gasteiger partial charge >= 0.3 is 6.09 Å². The van der Waals surface area contributed by atoms with E-state index in [2.05, 4.69) is 10.3 Å². The van der Waals surface area contributed by atoms with E-state index in [-0.39, 0.29) is 18.4 Å². The molecule has 0 aromatic heterocycles. The summed E-state index contributed by atoms with van der Waals surface area (Å²) in [7, 11) is 3.55. The Kier molecular flexibility index (Phi) is 5.81. The quantitative estimate of drug-likeness (QED) is 0.604. The number of amidine groups is 1. The minimum atomic E-state index is -1.16. The second-order valence-electron chi connectivity index (χ2n) is 8.06. The topological polar surface area (TPSA) is 130 Å². The first-order valence-corrected chi connectivity index (χ1v) is 10.4. The number of fused-ring (bicyclic) bond motifs is 1. The van der Waals surface area contributed by atoms with Crippen LogP contribution in [0.15, 0.2) is 52.0 Å². The fourth-order valence-electron chi connectivity index (χ4n) is 4.46. The molecule has 3 aliphatic rings. The first-order valence-electron chi connectivity index (χ1n) is 10.4. The van der Waals surface area contributed by atoms with Crippen LogP contribution in [0.3, 0.4) is 0 Å². The molecule has 32 heavy (non-hydrogen) atoms. The lowest BCUT2D eigenvalue weighted by atomic mass is 9.92. The van der Waals surface area contributed by atoms with Gasteiger partial charge in [-0.2, -0.15) is 4.99 Å². The van der Waals surface area contributed by atoms with E-state index >= 15 is 0 Å². The number of hydrogen-bond donors (Lipinski definition) is 3. The predicted molar refractivity (Wildman–Crippen MR) is 120 cm³/mol. The van der Waals surface area contributed by atoms with E-state index in [1.54, 1.807) is 18.3 Å². The van der Waals surface area contributed by atoms with E-state index < -0.39 is 6.09 Å². The summed E-state index contributed by atoms with van der Waals surface area (Å²) < 4.78 is 5.77. The van der Waals surface area contributed by atoms with Crippen LogP contribution in [-0.4, -0.2) is 72.3 Å². The number of piperidine rings is 1. The van der Waals surface area contributed by atoms with E-state index in [0.717, 1.165) is 35.6 Å². The molecule has 168 valence electrons. The molecular weight excluding hydrogens is 412 g/mol. The minimum Gasteiger partial charge on any atom is -0.495 e. The monoisotopic (exact) mass is 439 g/mol. The number of amides is 2. The third-order valence-corrected chi connectivity index (χ3v) is 6.19. The molecule has 0 aliphatic carbocycles. The van der Waals surface area contributed by atoms with Crippen molar-refractivity contribution in [2.45, 2.75) is 12.8 Å². The smallest absolute Gasteiger partial charge is 0.409 e. The first kappa shape index (κ1) is 21.7. The maximum Gasteiger partial charge on any atom is 0.409 e. The van der Waals surface area contributed by atoms with E-state index in [1.165, 1.54) is 7.11 Å². The van der Waals surface area contributed by atoms with Gasteiger partial charge in [-0.3, -0.25) is 15.1 Å². The SMILES string of the molecule is COc1cc(C2=NC(C3CCN(C(=O)CN)CC3)=C3C=NC=C[N+]23C)ccc1NC(=O)O. The van der Waals surface area contributed by atoms with Gasteiger partial charge in [-0.25, -0.2) is 9.28 Å². The number of benzene rings is 1. The highest BCUT2D eigenvalue weighted by Crippen LogP contribution is 2.40. The molecule has 1 fully saturated rings. The second kappa shape index (κ2) is 8.56. The van der Waals surface area contributed by atoms with E-state index in [4.69, 9.17) is 20.6 Å². The molecule has 4 rings (SSSR count). The summed E-state index contributed by atoms with van der Waals surface area (Å²) in [5.41, 5.74) is 8.67. The number of hydrogen-bond acceptors (Lipinski definition) is 6. The average Bonchev–Trinajstić information content (AvgIpc) is 3.11.